The number of nitrogens with one attached hydrogen (secondary N) is 1. The molecule has 1 saturated carbocycles. The minimum absolute atomic E-state index is 0.308. The van der Waals surface area contributed by atoms with Gasteiger partial charge in [-0.05, 0) is 37.5 Å². The van der Waals surface area contributed by atoms with Crippen molar-refractivity contribution < 1.29 is 4.74 Å². The van der Waals surface area contributed by atoms with Gasteiger partial charge in [0.25, 0.3) is 0 Å². The monoisotopic (exact) mass is 284 g/mol. The number of ether oxygens (including phenoxy) is 1. The standard InChI is InChI=1S/C12H17BrN2O/c1-16-12-4-2-3-11(12)15-10-6-5-8(13)7-9(10)14/h5-7,11-12,15H,2-4,14H2,1H3. The SMILES string of the molecule is COC1CCCC1Nc1ccc(Br)cc1N. The topological polar surface area (TPSA) is 47.3 Å². The van der Waals surface area contributed by atoms with Crippen LogP contribution in [0.25, 0.3) is 0 Å². The zero-order chi connectivity index (χ0) is 11.5. The van der Waals surface area contributed by atoms with Gasteiger partial charge in [-0.2, -0.15) is 0 Å². The number of nitrogen functional groups attached to an aromatic ring is 1. The van der Waals surface area contributed by atoms with E-state index in [1.165, 1.54) is 6.42 Å². The second-order valence-corrected chi connectivity index (χ2v) is 5.10. The predicted molar refractivity (Wildman–Crippen MR) is 70.6 cm³/mol. The normalized spacial score (nSPS) is 24.6. The van der Waals surface area contributed by atoms with Crippen LogP contribution in [-0.4, -0.2) is 19.3 Å². The van der Waals surface area contributed by atoms with Gasteiger partial charge in [-0.1, -0.05) is 15.9 Å². The smallest absolute Gasteiger partial charge is 0.0772 e. The van der Waals surface area contributed by atoms with Crippen molar-refractivity contribution in [2.45, 2.75) is 31.4 Å². The van der Waals surface area contributed by atoms with Gasteiger partial charge in [0.15, 0.2) is 0 Å². The first kappa shape index (κ1) is 11.7. The number of methoxy groups -OCH3 is 1. The molecule has 1 fully saturated rings. The van der Waals surface area contributed by atoms with Crippen LogP contribution in [0.1, 0.15) is 19.3 Å². The molecule has 2 rings (SSSR count). The summed E-state index contributed by atoms with van der Waals surface area (Å²) in [7, 11) is 1.77. The summed E-state index contributed by atoms with van der Waals surface area (Å²) >= 11 is 3.40. The lowest BCUT2D eigenvalue weighted by Gasteiger charge is -2.21. The van der Waals surface area contributed by atoms with Crippen LogP contribution >= 0.6 is 15.9 Å². The first-order valence-electron chi connectivity index (χ1n) is 5.55. The van der Waals surface area contributed by atoms with E-state index >= 15 is 0 Å². The summed E-state index contributed by atoms with van der Waals surface area (Å²) in [5.41, 5.74) is 7.72. The van der Waals surface area contributed by atoms with Gasteiger partial charge in [-0.25, -0.2) is 0 Å². The molecule has 0 amide bonds. The number of nitrogens with two attached hydrogens (primary N) is 1. The highest BCUT2D eigenvalue weighted by molar-refractivity contribution is 9.10. The average Bonchev–Trinajstić information content (AvgIpc) is 2.69. The molecule has 0 heterocycles. The third-order valence-corrected chi connectivity index (χ3v) is 3.60. The number of hydrogen-bond acceptors (Lipinski definition) is 3. The van der Waals surface area contributed by atoms with Gasteiger partial charge in [0.1, 0.15) is 0 Å². The second-order valence-electron chi connectivity index (χ2n) is 4.19. The quantitative estimate of drug-likeness (QED) is 0.839. The number of rotatable bonds is 3. The second kappa shape index (κ2) is 5.06. The molecule has 0 aliphatic heterocycles. The minimum atomic E-state index is 0.308. The lowest BCUT2D eigenvalue weighted by Crippen LogP contribution is -2.30. The highest BCUT2D eigenvalue weighted by Gasteiger charge is 2.27. The van der Waals surface area contributed by atoms with Crippen molar-refractivity contribution in [1.82, 2.24) is 0 Å². The molecule has 2 unspecified atom stereocenters. The maximum absolute atomic E-state index is 5.95. The van der Waals surface area contributed by atoms with Gasteiger partial charge in [-0.15, -0.1) is 0 Å². The van der Waals surface area contributed by atoms with E-state index in [0.717, 1.165) is 28.7 Å². The molecule has 3 nitrogen and oxygen atoms in total. The van der Waals surface area contributed by atoms with E-state index < -0.39 is 0 Å². The predicted octanol–water partition coefficient (Wildman–Crippen LogP) is 3.01. The van der Waals surface area contributed by atoms with E-state index in [4.69, 9.17) is 10.5 Å². The molecule has 0 spiro atoms. The van der Waals surface area contributed by atoms with E-state index in [2.05, 4.69) is 21.2 Å². The highest BCUT2D eigenvalue weighted by Crippen LogP contribution is 2.29. The van der Waals surface area contributed by atoms with Crippen molar-refractivity contribution in [3.8, 4) is 0 Å². The van der Waals surface area contributed by atoms with Gasteiger partial charge in [0.05, 0.1) is 23.5 Å². The Morgan fingerprint density at radius 2 is 2.25 bits per heavy atom. The Morgan fingerprint density at radius 1 is 1.44 bits per heavy atom. The van der Waals surface area contributed by atoms with Crippen LogP contribution in [0, 0.1) is 0 Å². The molecule has 16 heavy (non-hydrogen) atoms. The lowest BCUT2D eigenvalue weighted by molar-refractivity contribution is 0.101. The molecule has 1 aliphatic carbocycles. The summed E-state index contributed by atoms with van der Waals surface area (Å²) in [6.45, 7) is 0. The Balaban J connectivity index is 2.08. The van der Waals surface area contributed by atoms with Crippen LogP contribution in [0.4, 0.5) is 11.4 Å². The van der Waals surface area contributed by atoms with E-state index in [1.807, 2.05) is 18.2 Å². The number of benzene rings is 1. The Labute approximate surface area is 104 Å². The fourth-order valence-electron chi connectivity index (χ4n) is 2.24. The fraction of sp³-hybridized carbons (Fsp3) is 0.500. The van der Waals surface area contributed by atoms with Crippen LogP contribution in [0.5, 0.6) is 0 Å². The molecule has 0 bridgehead atoms. The van der Waals surface area contributed by atoms with Crippen molar-refractivity contribution in [3.63, 3.8) is 0 Å². The van der Waals surface area contributed by atoms with Crippen molar-refractivity contribution in [2.24, 2.45) is 0 Å². The van der Waals surface area contributed by atoms with Gasteiger partial charge < -0.3 is 15.8 Å². The zero-order valence-electron chi connectivity index (χ0n) is 9.37. The van der Waals surface area contributed by atoms with Crippen LogP contribution in [0.2, 0.25) is 0 Å². The first-order valence-corrected chi connectivity index (χ1v) is 6.34. The van der Waals surface area contributed by atoms with Gasteiger partial charge in [-0.3, -0.25) is 0 Å². The third-order valence-electron chi connectivity index (χ3n) is 3.11. The molecule has 0 saturated heterocycles. The number of hydrogen-bond donors (Lipinski definition) is 2. The van der Waals surface area contributed by atoms with E-state index in [1.54, 1.807) is 7.11 Å². The molecule has 2 atom stereocenters. The Kier molecular flexibility index (Phi) is 3.71. The van der Waals surface area contributed by atoms with Gasteiger partial charge >= 0.3 is 0 Å². The van der Waals surface area contributed by atoms with Gasteiger partial charge in [0, 0.05) is 11.6 Å². The van der Waals surface area contributed by atoms with Crippen molar-refractivity contribution in [2.75, 3.05) is 18.2 Å². The molecule has 4 heteroatoms. The van der Waals surface area contributed by atoms with Crippen LogP contribution in [0.15, 0.2) is 22.7 Å². The maximum atomic E-state index is 5.95. The molecule has 1 aromatic rings. The zero-order valence-corrected chi connectivity index (χ0v) is 11.0. The van der Waals surface area contributed by atoms with Crippen molar-refractivity contribution in [3.05, 3.63) is 22.7 Å². The molecule has 1 aromatic carbocycles. The third kappa shape index (κ3) is 2.50. The minimum Gasteiger partial charge on any atom is -0.397 e. The Hall–Kier alpha value is -0.740. The Morgan fingerprint density at radius 3 is 2.94 bits per heavy atom. The van der Waals surface area contributed by atoms with E-state index in [0.29, 0.717) is 12.1 Å². The van der Waals surface area contributed by atoms with Gasteiger partial charge in [0.2, 0.25) is 0 Å². The summed E-state index contributed by atoms with van der Waals surface area (Å²) in [6.07, 6.45) is 3.80. The molecular weight excluding hydrogens is 268 g/mol. The van der Waals surface area contributed by atoms with E-state index in [9.17, 15) is 0 Å². The average molecular weight is 285 g/mol. The molecular formula is C12H17BrN2O. The van der Waals surface area contributed by atoms with Crippen LogP contribution in [0.3, 0.4) is 0 Å². The lowest BCUT2D eigenvalue weighted by atomic mass is 10.2. The number of anilines is 2. The first-order chi connectivity index (χ1) is 7.70. The van der Waals surface area contributed by atoms with Crippen LogP contribution < -0.4 is 11.1 Å². The number of halogens is 1. The largest absolute Gasteiger partial charge is 0.397 e. The molecule has 0 radical (unpaired) electrons. The van der Waals surface area contributed by atoms with Crippen molar-refractivity contribution >= 4 is 27.3 Å². The molecule has 0 aromatic heterocycles. The summed E-state index contributed by atoms with van der Waals surface area (Å²) in [5.74, 6) is 0. The molecule has 1 aliphatic rings. The summed E-state index contributed by atoms with van der Waals surface area (Å²) in [6, 6.07) is 6.30. The summed E-state index contributed by atoms with van der Waals surface area (Å²) < 4.78 is 6.45. The van der Waals surface area contributed by atoms with Crippen LogP contribution in [-0.2, 0) is 4.74 Å². The molecule has 3 N–H and O–H groups in total. The highest BCUT2D eigenvalue weighted by atomic mass is 79.9. The van der Waals surface area contributed by atoms with Crippen molar-refractivity contribution in [1.29, 1.82) is 0 Å². The Bertz CT molecular complexity index is 370. The van der Waals surface area contributed by atoms with E-state index in [-0.39, 0.29) is 0 Å². The fourth-order valence-corrected chi connectivity index (χ4v) is 2.62. The molecule has 88 valence electrons. The summed E-state index contributed by atoms with van der Waals surface area (Å²) in [5, 5.41) is 3.47. The maximum Gasteiger partial charge on any atom is 0.0772 e. The summed E-state index contributed by atoms with van der Waals surface area (Å²) in [4.78, 5) is 0.